The number of methoxy groups -OCH3 is 1. The van der Waals surface area contributed by atoms with Crippen LogP contribution in [0.25, 0.3) is 0 Å². The fourth-order valence-electron chi connectivity index (χ4n) is 1.90. The molecule has 82 valence electrons. The summed E-state index contributed by atoms with van der Waals surface area (Å²) in [5.41, 5.74) is 1.30. The normalized spacial score (nSPS) is 16.1. The molecule has 0 aliphatic heterocycles. The van der Waals surface area contributed by atoms with Crippen LogP contribution < -0.4 is 10.1 Å². The molecule has 0 unspecified atom stereocenters. The van der Waals surface area contributed by atoms with Crippen molar-refractivity contribution in [1.82, 2.24) is 5.32 Å². The summed E-state index contributed by atoms with van der Waals surface area (Å²) in [6.45, 7) is 2.12. The van der Waals surface area contributed by atoms with Crippen LogP contribution in [0.5, 0.6) is 5.75 Å². The number of rotatable bonds is 5. The van der Waals surface area contributed by atoms with Crippen molar-refractivity contribution in [1.29, 1.82) is 0 Å². The van der Waals surface area contributed by atoms with Crippen LogP contribution in [-0.4, -0.2) is 13.7 Å². The summed E-state index contributed by atoms with van der Waals surface area (Å²) in [4.78, 5) is 0. The van der Waals surface area contributed by atoms with E-state index in [0.717, 1.165) is 24.8 Å². The number of ether oxygens (including phenoxy) is 1. The Bertz CT molecular complexity index is 307. The first-order chi connectivity index (χ1) is 7.38. The number of hydrogen-bond donors (Lipinski definition) is 1. The number of nitrogens with one attached hydrogen (secondary N) is 1. The van der Waals surface area contributed by atoms with Crippen molar-refractivity contribution in [2.75, 3.05) is 13.7 Å². The van der Waals surface area contributed by atoms with E-state index in [9.17, 15) is 0 Å². The highest BCUT2D eigenvalue weighted by Crippen LogP contribution is 2.25. The quantitative estimate of drug-likeness (QED) is 0.797. The van der Waals surface area contributed by atoms with E-state index in [1.165, 1.54) is 24.8 Å². The van der Waals surface area contributed by atoms with E-state index in [0.29, 0.717) is 0 Å². The monoisotopic (exact) mass is 205 g/mol. The van der Waals surface area contributed by atoms with Crippen LogP contribution in [0.4, 0.5) is 0 Å². The molecule has 1 saturated carbocycles. The first kappa shape index (κ1) is 10.5. The maximum Gasteiger partial charge on any atom is 0.119 e. The lowest BCUT2D eigenvalue weighted by molar-refractivity contribution is 0.301. The minimum atomic E-state index is 0.926. The van der Waals surface area contributed by atoms with Crippen molar-refractivity contribution in [3.05, 3.63) is 29.8 Å². The number of benzene rings is 1. The van der Waals surface area contributed by atoms with Crippen molar-refractivity contribution in [3.8, 4) is 5.75 Å². The van der Waals surface area contributed by atoms with Crippen molar-refractivity contribution in [2.45, 2.75) is 25.8 Å². The molecule has 0 amide bonds. The largest absolute Gasteiger partial charge is 0.497 e. The van der Waals surface area contributed by atoms with Gasteiger partial charge < -0.3 is 10.1 Å². The van der Waals surface area contributed by atoms with Crippen LogP contribution in [0, 0.1) is 5.92 Å². The molecule has 2 rings (SSSR count). The molecule has 0 heterocycles. The van der Waals surface area contributed by atoms with E-state index in [4.69, 9.17) is 4.74 Å². The summed E-state index contributed by atoms with van der Waals surface area (Å²) >= 11 is 0. The molecule has 1 N–H and O–H groups in total. The zero-order chi connectivity index (χ0) is 10.5. The second kappa shape index (κ2) is 5.17. The van der Waals surface area contributed by atoms with Crippen molar-refractivity contribution < 1.29 is 4.74 Å². The van der Waals surface area contributed by atoms with Crippen LogP contribution in [0.1, 0.15) is 24.8 Å². The molecule has 0 radical (unpaired) electrons. The van der Waals surface area contributed by atoms with Gasteiger partial charge in [0.1, 0.15) is 5.75 Å². The fourth-order valence-corrected chi connectivity index (χ4v) is 1.90. The lowest BCUT2D eigenvalue weighted by atomic mass is 9.85. The van der Waals surface area contributed by atoms with Gasteiger partial charge in [0.15, 0.2) is 0 Å². The van der Waals surface area contributed by atoms with E-state index in [1.807, 2.05) is 12.1 Å². The van der Waals surface area contributed by atoms with Gasteiger partial charge in [0.25, 0.3) is 0 Å². The maximum absolute atomic E-state index is 5.19. The van der Waals surface area contributed by atoms with Gasteiger partial charge in [0, 0.05) is 6.54 Å². The van der Waals surface area contributed by atoms with E-state index in [1.54, 1.807) is 7.11 Å². The second-order valence-corrected chi connectivity index (χ2v) is 4.28. The molecule has 0 bridgehead atoms. The van der Waals surface area contributed by atoms with Gasteiger partial charge in [0.2, 0.25) is 0 Å². The highest BCUT2D eigenvalue weighted by Gasteiger charge is 2.16. The summed E-state index contributed by atoms with van der Waals surface area (Å²) in [5.74, 6) is 1.87. The minimum Gasteiger partial charge on any atom is -0.497 e. The highest BCUT2D eigenvalue weighted by molar-refractivity contribution is 5.28. The Morgan fingerprint density at radius 3 is 2.93 bits per heavy atom. The van der Waals surface area contributed by atoms with Crippen LogP contribution in [0.15, 0.2) is 24.3 Å². The first-order valence-electron chi connectivity index (χ1n) is 5.72. The molecule has 1 aromatic rings. The van der Waals surface area contributed by atoms with Gasteiger partial charge in [-0.1, -0.05) is 18.6 Å². The summed E-state index contributed by atoms with van der Waals surface area (Å²) in [5, 5.41) is 3.50. The Morgan fingerprint density at radius 1 is 1.40 bits per heavy atom. The molecule has 0 aromatic heterocycles. The van der Waals surface area contributed by atoms with Crippen LogP contribution >= 0.6 is 0 Å². The Morgan fingerprint density at radius 2 is 2.27 bits per heavy atom. The van der Waals surface area contributed by atoms with E-state index < -0.39 is 0 Å². The molecule has 1 aliphatic carbocycles. The Hall–Kier alpha value is -1.02. The lowest BCUT2D eigenvalue weighted by Crippen LogP contribution is -2.26. The highest BCUT2D eigenvalue weighted by atomic mass is 16.5. The molecule has 15 heavy (non-hydrogen) atoms. The summed E-state index contributed by atoms with van der Waals surface area (Å²) in [7, 11) is 1.71. The fraction of sp³-hybridized carbons (Fsp3) is 0.538. The van der Waals surface area contributed by atoms with Crippen LogP contribution in [0.2, 0.25) is 0 Å². The van der Waals surface area contributed by atoms with Crippen molar-refractivity contribution >= 4 is 0 Å². The van der Waals surface area contributed by atoms with E-state index in [2.05, 4.69) is 17.4 Å². The molecule has 0 atom stereocenters. The number of hydrogen-bond acceptors (Lipinski definition) is 2. The van der Waals surface area contributed by atoms with E-state index >= 15 is 0 Å². The molecule has 1 fully saturated rings. The van der Waals surface area contributed by atoms with Gasteiger partial charge in [-0.3, -0.25) is 0 Å². The third-order valence-corrected chi connectivity index (χ3v) is 3.12. The zero-order valence-electron chi connectivity index (χ0n) is 9.33. The Labute approximate surface area is 91.6 Å². The van der Waals surface area contributed by atoms with Gasteiger partial charge >= 0.3 is 0 Å². The molecule has 2 nitrogen and oxygen atoms in total. The molecular weight excluding hydrogens is 186 g/mol. The lowest BCUT2D eigenvalue weighted by Gasteiger charge is -2.25. The first-order valence-corrected chi connectivity index (χ1v) is 5.72. The second-order valence-electron chi connectivity index (χ2n) is 4.28. The van der Waals surface area contributed by atoms with Gasteiger partial charge in [0.05, 0.1) is 7.11 Å². The van der Waals surface area contributed by atoms with Gasteiger partial charge in [-0.2, -0.15) is 0 Å². The Kier molecular flexibility index (Phi) is 3.62. The predicted molar refractivity (Wildman–Crippen MR) is 62.0 cm³/mol. The van der Waals surface area contributed by atoms with Crippen molar-refractivity contribution in [3.63, 3.8) is 0 Å². The summed E-state index contributed by atoms with van der Waals surface area (Å²) < 4.78 is 5.19. The Balaban J connectivity index is 1.76. The summed E-state index contributed by atoms with van der Waals surface area (Å²) in [6, 6.07) is 8.25. The minimum absolute atomic E-state index is 0.926. The van der Waals surface area contributed by atoms with Gasteiger partial charge in [-0.25, -0.2) is 0 Å². The molecule has 1 aliphatic rings. The van der Waals surface area contributed by atoms with Crippen LogP contribution in [0.3, 0.4) is 0 Å². The molecule has 2 heteroatoms. The van der Waals surface area contributed by atoms with Crippen molar-refractivity contribution in [2.24, 2.45) is 5.92 Å². The molecule has 1 aromatic carbocycles. The average molecular weight is 205 g/mol. The standard InChI is InChI=1S/C13H19NO/c1-15-13-7-3-6-12(8-13)10-14-9-11-4-2-5-11/h3,6-8,11,14H,2,4-5,9-10H2,1H3. The SMILES string of the molecule is COc1cccc(CNCC2CCC2)c1. The molecule has 0 spiro atoms. The topological polar surface area (TPSA) is 21.3 Å². The summed E-state index contributed by atoms with van der Waals surface area (Å²) in [6.07, 6.45) is 4.24. The van der Waals surface area contributed by atoms with Gasteiger partial charge in [-0.15, -0.1) is 0 Å². The zero-order valence-corrected chi connectivity index (χ0v) is 9.33. The third kappa shape index (κ3) is 2.96. The molecular formula is C13H19NO. The maximum atomic E-state index is 5.19. The average Bonchev–Trinajstić information content (AvgIpc) is 2.22. The van der Waals surface area contributed by atoms with Gasteiger partial charge in [-0.05, 0) is 43.0 Å². The molecule has 0 saturated heterocycles. The third-order valence-electron chi connectivity index (χ3n) is 3.12. The smallest absolute Gasteiger partial charge is 0.119 e. The predicted octanol–water partition coefficient (Wildman–Crippen LogP) is 2.58. The van der Waals surface area contributed by atoms with E-state index in [-0.39, 0.29) is 0 Å². The van der Waals surface area contributed by atoms with Crippen LogP contribution in [-0.2, 0) is 6.54 Å².